The fraction of sp³-hybridized carbons (Fsp3) is 0.889. The van der Waals surface area contributed by atoms with Crippen molar-refractivity contribution < 1.29 is 9.90 Å². The first-order valence-corrected chi connectivity index (χ1v) is 5.93. The van der Waals surface area contributed by atoms with Crippen molar-refractivity contribution in [2.75, 3.05) is 24.6 Å². The molecule has 0 aromatic heterocycles. The van der Waals surface area contributed by atoms with E-state index < -0.39 is 6.09 Å². The number of carboxylic acid groups (broad SMARTS) is 1. The van der Waals surface area contributed by atoms with Crippen LogP contribution in [0.25, 0.3) is 0 Å². The van der Waals surface area contributed by atoms with E-state index >= 15 is 0 Å². The maximum atomic E-state index is 10.7. The highest BCUT2D eigenvalue weighted by atomic mass is 32.2. The predicted molar refractivity (Wildman–Crippen MR) is 53.2 cm³/mol. The Morgan fingerprint density at radius 3 is 2.54 bits per heavy atom. The van der Waals surface area contributed by atoms with Crippen LogP contribution in [0.2, 0.25) is 0 Å². The molecule has 0 aromatic carbocycles. The van der Waals surface area contributed by atoms with E-state index in [0.29, 0.717) is 5.41 Å². The average Bonchev–Trinajstić information content (AvgIpc) is 2.51. The van der Waals surface area contributed by atoms with Gasteiger partial charge >= 0.3 is 6.09 Å². The lowest BCUT2D eigenvalue weighted by Crippen LogP contribution is -2.33. The van der Waals surface area contributed by atoms with Crippen LogP contribution in [-0.4, -0.2) is 40.7 Å². The van der Waals surface area contributed by atoms with E-state index in [0.717, 1.165) is 19.5 Å². The van der Waals surface area contributed by atoms with Crippen LogP contribution in [0.15, 0.2) is 0 Å². The Hall–Kier alpha value is -0.380. The molecule has 0 atom stereocenters. The molecule has 0 saturated carbocycles. The van der Waals surface area contributed by atoms with Gasteiger partial charge in [0.25, 0.3) is 0 Å². The Kier molecular flexibility index (Phi) is 2.41. The highest BCUT2D eigenvalue weighted by Gasteiger charge is 2.40. The van der Waals surface area contributed by atoms with E-state index in [2.05, 4.69) is 0 Å². The second-order valence-electron chi connectivity index (χ2n) is 4.07. The minimum absolute atomic E-state index is 0.351. The fourth-order valence-corrected chi connectivity index (χ4v) is 3.67. The maximum Gasteiger partial charge on any atom is 0.407 e. The van der Waals surface area contributed by atoms with Crippen LogP contribution < -0.4 is 0 Å². The molecule has 0 aliphatic carbocycles. The Labute approximate surface area is 82.5 Å². The molecule has 2 rings (SSSR count). The molecule has 3 nitrogen and oxygen atoms in total. The largest absolute Gasteiger partial charge is 0.465 e. The fourth-order valence-electron chi connectivity index (χ4n) is 2.31. The van der Waals surface area contributed by atoms with Gasteiger partial charge in [-0.05, 0) is 36.2 Å². The zero-order valence-corrected chi connectivity index (χ0v) is 8.48. The van der Waals surface area contributed by atoms with E-state index in [-0.39, 0.29) is 0 Å². The van der Waals surface area contributed by atoms with Gasteiger partial charge in [0.05, 0.1) is 0 Å². The lowest BCUT2D eigenvalue weighted by atomic mass is 9.81. The number of nitrogens with zero attached hydrogens (tertiary/aromatic N) is 1. The Balaban J connectivity index is 1.98. The van der Waals surface area contributed by atoms with Gasteiger partial charge in [0, 0.05) is 13.1 Å². The molecule has 4 heteroatoms. The van der Waals surface area contributed by atoms with Crippen molar-refractivity contribution in [2.24, 2.45) is 5.41 Å². The first-order chi connectivity index (χ1) is 6.22. The first kappa shape index (κ1) is 9.19. The van der Waals surface area contributed by atoms with E-state index in [9.17, 15) is 4.79 Å². The molecule has 0 radical (unpaired) electrons. The zero-order valence-electron chi connectivity index (χ0n) is 7.66. The molecule has 0 aromatic rings. The van der Waals surface area contributed by atoms with Crippen molar-refractivity contribution in [1.82, 2.24) is 4.90 Å². The molecule has 1 amide bonds. The van der Waals surface area contributed by atoms with Crippen LogP contribution in [0.5, 0.6) is 0 Å². The van der Waals surface area contributed by atoms with Crippen molar-refractivity contribution in [3.8, 4) is 0 Å². The second-order valence-corrected chi connectivity index (χ2v) is 5.29. The van der Waals surface area contributed by atoms with Gasteiger partial charge in [-0.1, -0.05) is 0 Å². The number of hydrogen-bond acceptors (Lipinski definition) is 2. The van der Waals surface area contributed by atoms with Crippen LogP contribution in [0.4, 0.5) is 4.79 Å². The molecular formula is C9H15NO2S. The topological polar surface area (TPSA) is 40.5 Å². The summed E-state index contributed by atoms with van der Waals surface area (Å²) in [5.74, 6) is 2.43. The van der Waals surface area contributed by atoms with Crippen molar-refractivity contribution in [1.29, 1.82) is 0 Å². The summed E-state index contributed by atoms with van der Waals surface area (Å²) >= 11 is 2.00. The molecule has 13 heavy (non-hydrogen) atoms. The zero-order chi connectivity index (χ0) is 9.31. The number of likely N-dealkylation sites (tertiary alicyclic amines) is 1. The monoisotopic (exact) mass is 201 g/mol. The summed E-state index contributed by atoms with van der Waals surface area (Å²) in [4.78, 5) is 12.3. The summed E-state index contributed by atoms with van der Waals surface area (Å²) in [5, 5.41) is 8.85. The molecule has 74 valence electrons. The molecule has 2 fully saturated rings. The third kappa shape index (κ3) is 1.77. The summed E-state index contributed by atoms with van der Waals surface area (Å²) in [6.07, 6.45) is 2.76. The van der Waals surface area contributed by atoms with E-state index in [4.69, 9.17) is 5.11 Å². The van der Waals surface area contributed by atoms with Crippen molar-refractivity contribution in [3.05, 3.63) is 0 Å². The van der Waals surface area contributed by atoms with Crippen LogP contribution in [0.3, 0.4) is 0 Å². The molecular weight excluding hydrogens is 186 g/mol. The summed E-state index contributed by atoms with van der Waals surface area (Å²) in [7, 11) is 0. The SMILES string of the molecule is O=C(O)N1CCC2(CCSCC2)C1. The summed E-state index contributed by atoms with van der Waals surface area (Å²) in [6.45, 7) is 1.53. The Morgan fingerprint density at radius 2 is 2.00 bits per heavy atom. The minimum Gasteiger partial charge on any atom is -0.465 e. The quantitative estimate of drug-likeness (QED) is 0.650. The van der Waals surface area contributed by atoms with Crippen molar-refractivity contribution >= 4 is 17.9 Å². The predicted octanol–water partition coefficient (Wildman–Crippen LogP) is 1.88. The standard InChI is InChI=1S/C9H15NO2S/c11-8(12)10-4-1-9(7-10)2-5-13-6-3-9/h1-7H2,(H,11,12). The smallest absolute Gasteiger partial charge is 0.407 e. The van der Waals surface area contributed by atoms with Crippen LogP contribution >= 0.6 is 11.8 Å². The highest BCUT2D eigenvalue weighted by Crippen LogP contribution is 2.42. The van der Waals surface area contributed by atoms with Crippen molar-refractivity contribution in [3.63, 3.8) is 0 Å². The lowest BCUT2D eigenvalue weighted by molar-refractivity contribution is 0.147. The molecule has 0 bridgehead atoms. The van der Waals surface area contributed by atoms with Gasteiger partial charge < -0.3 is 10.0 Å². The van der Waals surface area contributed by atoms with E-state index in [1.54, 1.807) is 4.90 Å². The number of hydrogen-bond donors (Lipinski definition) is 1. The summed E-state index contributed by atoms with van der Waals surface area (Å²) < 4.78 is 0. The Morgan fingerprint density at radius 1 is 1.31 bits per heavy atom. The molecule has 2 saturated heterocycles. The van der Waals surface area contributed by atoms with Crippen molar-refractivity contribution in [2.45, 2.75) is 19.3 Å². The molecule has 2 aliphatic heterocycles. The van der Waals surface area contributed by atoms with Gasteiger partial charge in [-0.15, -0.1) is 0 Å². The Bertz CT molecular complexity index is 214. The second kappa shape index (κ2) is 3.40. The first-order valence-electron chi connectivity index (χ1n) is 4.78. The molecule has 2 heterocycles. The normalized spacial score (nSPS) is 26.6. The summed E-state index contributed by atoms with van der Waals surface area (Å²) in [6, 6.07) is 0. The van der Waals surface area contributed by atoms with Gasteiger partial charge in [0.15, 0.2) is 0 Å². The minimum atomic E-state index is -0.741. The number of thioether (sulfide) groups is 1. The van der Waals surface area contributed by atoms with Crippen LogP contribution in [-0.2, 0) is 0 Å². The lowest BCUT2D eigenvalue weighted by Gasteiger charge is -2.32. The summed E-state index contributed by atoms with van der Waals surface area (Å²) in [5.41, 5.74) is 0.351. The molecule has 0 unspecified atom stereocenters. The van der Waals surface area contributed by atoms with Crippen LogP contribution in [0, 0.1) is 5.41 Å². The third-order valence-electron chi connectivity index (χ3n) is 3.26. The van der Waals surface area contributed by atoms with E-state index in [1.165, 1.54) is 24.3 Å². The van der Waals surface area contributed by atoms with Gasteiger partial charge in [0.2, 0.25) is 0 Å². The average molecular weight is 201 g/mol. The molecule has 1 spiro atoms. The van der Waals surface area contributed by atoms with Gasteiger partial charge in [0.1, 0.15) is 0 Å². The third-order valence-corrected chi connectivity index (χ3v) is 4.25. The van der Waals surface area contributed by atoms with E-state index in [1.807, 2.05) is 11.8 Å². The molecule has 2 aliphatic rings. The highest BCUT2D eigenvalue weighted by molar-refractivity contribution is 7.99. The number of carbonyl (C=O) groups is 1. The number of amides is 1. The van der Waals surface area contributed by atoms with Gasteiger partial charge in [-0.3, -0.25) is 0 Å². The van der Waals surface area contributed by atoms with Gasteiger partial charge in [-0.2, -0.15) is 11.8 Å². The maximum absolute atomic E-state index is 10.7. The molecule has 1 N–H and O–H groups in total. The van der Waals surface area contributed by atoms with Gasteiger partial charge in [-0.25, -0.2) is 4.79 Å². The van der Waals surface area contributed by atoms with Crippen LogP contribution in [0.1, 0.15) is 19.3 Å². The number of rotatable bonds is 0.